The van der Waals surface area contributed by atoms with Crippen LogP contribution < -0.4 is 10.6 Å². The number of hydrogen-bond donors (Lipinski definition) is 5. The lowest BCUT2D eigenvalue weighted by Gasteiger charge is -2.52. The van der Waals surface area contributed by atoms with E-state index in [1.165, 1.54) is 21.0 Å². The molecule has 2 aromatic carbocycles. The molecule has 0 aliphatic rings. The quantitative estimate of drug-likeness (QED) is 0.0891. The number of nitrogens with zero attached hydrogens (tertiary/aromatic N) is 2. The number of carbonyl (C=O) groups is 3. The SMILES string of the molecule is BC(B)(c1ccc(CNc2cccc(C)c2CN(C=O)C(B)(C(=O)NC)C(B)(O)C(B)(O)C=O)c(F)c1)N(CCO)CC(C)C. The summed E-state index contributed by atoms with van der Waals surface area (Å²) >= 11 is 0. The van der Waals surface area contributed by atoms with E-state index in [4.69, 9.17) is 0 Å². The van der Waals surface area contributed by atoms with Crippen molar-refractivity contribution in [3.8, 4) is 0 Å². The van der Waals surface area contributed by atoms with Crippen LogP contribution in [0.4, 0.5) is 10.1 Å². The fraction of sp³-hybridized carbons (Fsp3) is 0.483. The van der Waals surface area contributed by atoms with Gasteiger partial charge in [-0.05, 0) is 53.5 Å². The number of nitrogens with one attached hydrogen (secondary N) is 2. The molecule has 0 saturated carbocycles. The lowest BCUT2D eigenvalue weighted by Crippen LogP contribution is -2.79. The summed E-state index contributed by atoms with van der Waals surface area (Å²) in [7, 11) is 8.82. The first kappa shape index (κ1) is 38.1. The average Bonchev–Trinajstić information content (AvgIpc) is 2.98. The fourth-order valence-corrected chi connectivity index (χ4v) is 5.64. The van der Waals surface area contributed by atoms with Crippen molar-refractivity contribution < 1.29 is 34.1 Å². The van der Waals surface area contributed by atoms with Gasteiger partial charge in [0, 0.05) is 37.9 Å². The minimum atomic E-state index is -2.40. The molecule has 2 rings (SSSR count). The second-order valence-electron chi connectivity index (χ2n) is 13.1. The Bertz CT molecular complexity index is 1370. The van der Waals surface area contributed by atoms with Gasteiger partial charge >= 0.3 is 0 Å². The first-order valence-electron chi connectivity index (χ1n) is 15.2. The number of anilines is 1. The molecule has 10 nitrogen and oxygen atoms in total. The lowest BCUT2D eigenvalue weighted by atomic mass is 9.45. The number of halogens is 1. The van der Waals surface area contributed by atoms with Crippen LogP contribution in [0.2, 0.25) is 0 Å². The van der Waals surface area contributed by atoms with Crippen LogP contribution in [0.3, 0.4) is 0 Å². The molecule has 0 heterocycles. The number of aldehydes is 1. The number of carbonyl (C=O) groups excluding carboxylic acids is 3. The zero-order chi connectivity index (χ0) is 34.4. The van der Waals surface area contributed by atoms with Gasteiger partial charge in [0.1, 0.15) is 54.4 Å². The van der Waals surface area contributed by atoms with Crippen LogP contribution in [-0.4, -0.2) is 126 Å². The molecule has 0 aliphatic carbocycles. The summed E-state index contributed by atoms with van der Waals surface area (Å²) in [5.41, 5.74) is -3.77. The summed E-state index contributed by atoms with van der Waals surface area (Å²) in [4.78, 5) is 40.7. The normalized spacial score (nSPS) is 15.9. The van der Waals surface area contributed by atoms with E-state index in [1.54, 1.807) is 18.2 Å². The Labute approximate surface area is 270 Å². The van der Waals surface area contributed by atoms with Crippen LogP contribution in [0.1, 0.15) is 36.1 Å². The maximum Gasteiger partial charge on any atom is 0.238 e. The van der Waals surface area contributed by atoms with E-state index in [0.717, 1.165) is 38.3 Å². The van der Waals surface area contributed by atoms with Gasteiger partial charge < -0.3 is 40.5 Å². The third-order valence-electron chi connectivity index (χ3n) is 9.25. The zero-order valence-corrected chi connectivity index (χ0v) is 28.1. The van der Waals surface area contributed by atoms with Crippen molar-refractivity contribution >= 4 is 63.5 Å². The monoisotopic (exact) mass is 620 g/mol. The molecule has 0 spiro atoms. The Kier molecular flexibility index (Phi) is 12.7. The summed E-state index contributed by atoms with van der Waals surface area (Å²) in [6, 6.07) is 10.5. The molecule has 0 radical (unpaired) electrons. The molecule has 16 heteroatoms. The molecule has 0 aromatic heterocycles. The molecule has 3 atom stereocenters. The van der Waals surface area contributed by atoms with E-state index in [-0.39, 0.29) is 26.0 Å². The molecule has 5 N–H and O–H groups in total. The van der Waals surface area contributed by atoms with Gasteiger partial charge in [0.25, 0.3) is 0 Å². The Morgan fingerprint density at radius 1 is 1.09 bits per heavy atom. The van der Waals surface area contributed by atoms with Crippen LogP contribution in [0.15, 0.2) is 36.4 Å². The molecular formula is C29H46B5FN4O6. The first-order chi connectivity index (χ1) is 20.8. The molecular weight excluding hydrogens is 573 g/mol. The van der Waals surface area contributed by atoms with Crippen LogP contribution >= 0.6 is 0 Å². The van der Waals surface area contributed by atoms with Gasteiger partial charge in [-0.2, -0.15) is 0 Å². The molecule has 240 valence electrons. The molecule has 45 heavy (non-hydrogen) atoms. The van der Waals surface area contributed by atoms with Crippen LogP contribution in [0.25, 0.3) is 0 Å². The Morgan fingerprint density at radius 3 is 2.24 bits per heavy atom. The van der Waals surface area contributed by atoms with E-state index in [2.05, 4.69) is 29.4 Å². The highest BCUT2D eigenvalue weighted by atomic mass is 19.1. The molecule has 3 unspecified atom stereocenters. The minimum absolute atomic E-state index is 0.00277. The van der Waals surface area contributed by atoms with Gasteiger partial charge in [0.2, 0.25) is 12.3 Å². The van der Waals surface area contributed by atoms with Crippen molar-refractivity contribution in [3.05, 3.63) is 64.5 Å². The number of rotatable bonds is 17. The van der Waals surface area contributed by atoms with Crippen molar-refractivity contribution in [2.24, 2.45) is 5.92 Å². The molecule has 0 aliphatic heterocycles. The zero-order valence-electron chi connectivity index (χ0n) is 28.1. The maximum absolute atomic E-state index is 15.5. The van der Waals surface area contributed by atoms with E-state index in [9.17, 15) is 29.7 Å². The van der Waals surface area contributed by atoms with Gasteiger partial charge in [0.05, 0.1) is 12.1 Å². The summed E-state index contributed by atoms with van der Waals surface area (Å²) < 4.78 is 15.5. The summed E-state index contributed by atoms with van der Waals surface area (Å²) in [5.74, 6) is -0.827. The number of aryl methyl sites for hydroxylation is 1. The van der Waals surface area contributed by atoms with Gasteiger partial charge in [-0.3, -0.25) is 9.59 Å². The summed E-state index contributed by atoms with van der Waals surface area (Å²) in [5, 5.41) is 37.0. The number of hydrogen-bond acceptors (Lipinski definition) is 8. The van der Waals surface area contributed by atoms with Crippen molar-refractivity contribution in [3.63, 3.8) is 0 Å². The smallest absolute Gasteiger partial charge is 0.238 e. The molecule has 0 fully saturated rings. The van der Waals surface area contributed by atoms with Gasteiger partial charge in [-0.25, -0.2) is 4.39 Å². The molecule has 0 bridgehead atoms. The largest absolute Gasteiger partial charge is 0.395 e. The van der Waals surface area contributed by atoms with Crippen LogP contribution in [-0.2, 0) is 32.8 Å². The third-order valence-corrected chi connectivity index (χ3v) is 9.25. The highest BCUT2D eigenvalue weighted by Gasteiger charge is 2.60. The number of aliphatic hydroxyl groups is 3. The average molecular weight is 620 g/mol. The predicted molar refractivity (Wildman–Crippen MR) is 187 cm³/mol. The molecule has 0 saturated heterocycles. The van der Waals surface area contributed by atoms with E-state index < -0.39 is 33.5 Å². The predicted octanol–water partition coefficient (Wildman–Crippen LogP) is -4.05. The standard InChI is InChI=1S/C29H46B5FN4O6/c1-18(2)14-38(10-11-40)28(32,33)21-9-8-20(23(35)12-21)13-37-24-7-5-6-19(3)22(24)15-39(17-42)27(31,25(43)36-4)29(34,45)26(30,44)16-41/h5-9,12,16-18,37,40,44-45H,10-11,13-15,30-34H2,1-4H3,(H,36,43). The maximum atomic E-state index is 15.5. The Balaban J connectivity index is 2.45. The van der Waals surface area contributed by atoms with Crippen molar-refractivity contribution in [1.82, 2.24) is 15.1 Å². The van der Waals surface area contributed by atoms with E-state index in [1.807, 2.05) is 34.7 Å². The van der Waals surface area contributed by atoms with Crippen molar-refractivity contribution in [2.75, 3.05) is 32.1 Å². The second-order valence-corrected chi connectivity index (χ2v) is 13.1. The van der Waals surface area contributed by atoms with E-state index >= 15 is 4.39 Å². The number of benzene rings is 2. The van der Waals surface area contributed by atoms with Crippen LogP contribution in [0.5, 0.6) is 0 Å². The Hall–Kier alpha value is -3.06. The summed E-state index contributed by atoms with van der Waals surface area (Å²) in [6.45, 7) is 7.14. The highest BCUT2D eigenvalue weighted by Crippen LogP contribution is 2.34. The van der Waals surface area contributed by atoms with Crippen LogP contribution in [0, 0.1) is 18.7 Å². The van der Waals surface area contributed by atoms with Gasteiger partial charge in [-0.15, -0.1) is 0 Å². The minimum Gasteiger partial charge on any atom is -0.395 e. The van der Waals surface area contributed by atoms with Gasteiger partial charge in [-0.1, -0.05) is 38.1 Å². The number of likely N-dealkylation sites (N-methyl/N-ethyl adjacent to an activating group) is 1. The summed E-state index contributed by atoms with van der Waals surface area (Å²) in [6.07, 6.45) is 0.522. The fourth-order valence-electron chi connectivity index (χ4n) is 5.64. The number of aliphatic hydroxyl groups excluding tert-OH is 1. The van der Waals surface area contributed by atoms with E-state index in [0.29, 0.717) is 35.7 Å². The lowest BCUT2D eigenvalue weighted by molar-refractivity contribution is -0.159. The first-order valence-corrected chi connectivity index (χ1v) is 15.2. The van der Waals surface area contributed by atoms with Crippen molar-refractivity contribution in [2.45, 2.75) is 55.6 Å². The second kappa shape index (κ2) is 15.0. The third kappa shape index (κ3) is 7.85. The van der Waals surface area contributed by atoms with Gasteiger partial charge in [0.15, 0.2) is 7.85 Å². The van der Waals surface area contributed by atoms with Crippen molar-refractivity contribution in [1.29, 1.82) is 0 Å². The Morgan fingerprint density at radius 2 is 1.73 bits per heavy atom. The molecule has 2 amide bonds. The number of amides is 2. The molecule has 2 aromatic rings. The highest BCUT2D eigenvalue weighted by molar-refractivity contribution is 6.41. The topological polar surface area (TPSA) is 142 Å².